The molecule has 0 saturated heterocycles. The zero-order chi connectivity index (χ0) is 17.3. The Kier molecular flexibility index (Phi) is 4.51. The number of nitrogens with one attached hydrogen (secondary N) is 1. The van der Waals surface area contributed by atoms with E-state index in [-0.39, 0.29) is 0 Å². The number of hydrogen-bond donors (Lipinski definition) is 1. The van der Waals surface area contributed by atoms with Gasteiger partial charge in [-0.05, 0) is 25.1 Å². The largest absolute Gasteiger partial charge is 0.416 e. The van der Waals surface area contributed by atoms with Crippen molar-refractivity contribution >= 4 is 28.6 Å². The predicted molar refractivity (Wildman–Crippen MR) is 87.8 cm³/mol. The van der Waals surface area contributed by atoms with Crippen molar-refractivity contribution in [3.05, 3.63) is 57.5 Å². The second-order valence-electron chi connectivity index (χ2n) is 5.01. The van der Waals surface area contributed by atoms with E-state index < -0.39 is 11.7 Å². The molecule has 3 rings (SSSR count). The first-order chi connectivity index (χ1) is 11.3. The van der Waals surface area contributed by atoms with E-state index in [1.54, 1.807) is 30.1 Å². The zero-order valence-electron chi connectivity index (χ0n) is 12.4. The van der Waals surface area contributed by atoms with Crippen LogP contribution in [0.5, 0.6) is 0 Å². The molecule has 0 aliphatic rings. The van der Waals surface area contributed by atoms with Gasteiger partial charge in [0.25, 0.3) is 0 Å². The smallest absolute Gasteiger partial charge is 0.378 e. The SMILES string of the molecule is Cc1nccn1-c1ccc(C(F)(F)F)cc1NCc1cnc(Cl)s1. The minimum Gasteiger partial charge on any atom is -0.378 e. The zero-order valence-corrected chi connectivity index (χ0v) is 14.0. The summed E-state index contributed by atoms with van der Waals surface area (Å²) >= 11 is 7.05. The van der Waals surface area contributed by atoms with Gasteiger partial charge >= 0.3 is 6.18 Å². The molecule has 0 aliphatic carbocycles. The van der Waals surface area contributed by atoms with Gasteiger partial charge in [0.15, 0.2) is 4.47 Å². The fourth-order valence-corrected chi connectivity index (χ4v) is 3.16. The van der Waals surface area contributed by atoms with Crippen LogP contribution in [0, 0.1) is 6.92 Å². The van der Waals surface area contributed by atoms with Gasteiger partial charge in [-0.2, -0.15) is 13.2 Å². The number of benzene rings is 1. The minimum absolute atomic E-state index is 0.326. The molecule has 0 bridgehead atoms. The molecule has 1 aromatic carbocycles. The Morgan fingerprint density at radius 2 is 2.08 bits per heavy atom. The highest BCUT2D eigenvalue weighted by Gasteiger charge is 2.31. The first kappa shape index (κ1) is 16.8. The topological polar surface area (TPSA) is 42.7 Å². The molecule has 0 spiro atoms. The van der Waals surface area contributed by atoms with Crippen molar-refractivity contribution in [3.63, 3.8) is 0 Å². The average molecular weight is 373 g/mol. The number of nitrogens with zero attached hydrogens (tertiary/aromatic N) is 3. The highest BCUT2D eigenvalue weighted by Crippen LogP contribution is 2.34. The summed E-state index contributed by atoms with van der Waals surface area (Å²) in [6.07, 6.45) is 0.481. The van der Waals surface area contributed by atoms with Crippen LogP contribution in [0.1, 0.15) is 16.3 Å². The maximum Gasteiger partial charge on any atom is 0.416 e. The quantitative estimate of drug-likeness (QED) is 0.706. The maximum atomic E-state index is 13.0. The summed E-state index contributed by atoms with van der Waals surface area (Å²) in [6.45, 7) is 2.11. The summed E-state index contributed by atoms with van der Waals surface area (Å²) in [6, 6.07) is 3.58. The Balaban J connectivity index is 1.97. The lowest BCUT2D eigenvalue weighted by molar-refractivity contribution is -0.137. The summed E-state index contributed by atoms with van der Waals surface area (Å²) in [7, 11) is 0. The fourth-order valence-electron chi connectivity index (χ4n) is 2.24. The average Bonchev–Trinajstić information content (AvgIpc) is 3.12. The number of alkyl halides is 3. The van der Waals surface area contributed by atoms with Crippen LogP contribution in [-0.4, -0.2) is 14.5 Å². The van der Waals surface area contributed by atoms with Gasteiger partial charge in [0.05, 0.1) is 23.5 Å². The number of imidazole rings is 1. The van der Waals surface area contributed by atoms with E-state index in [1.807, 2.05) is 0 Å². The molecule has 0 radical (unpaired) electrons. The van der Waals surface area contributed by atoms with Crippen molar-refractivity contribution in [2.75, 3.05) is 5.32 Å². The molecule has 2 heterocycles. The lowest BCUT2D eigenvalue weighted by Crippen LogP contribution is -2.09. The van der Waals surface area contributed by atoms with Crippen LogP contribution in [0.15, 0.2) is 36.8 Å². The van der Waals surface area contributed by atoms with Gasteiger partial charge < -0.3 is 9.88 Å². The molecule has 2 aromatic heterocycles. The van der Waals surface area contributed by atoms with Crippen molar-refractivity contribution in [1.82, 2.24) is 14.5 Å². The van der Waals surface area contributed by atoms with Gasteiger partial charge in [-0.1, -0.05) is 11.6 Å². The van der Waals surface area contributed by atoms with E-state index in [0.717, 1.165) is 17.0 Å². The van der Waals surface area contributed by atoms with Crippen molar-refractivity contribution in [1.29, 1.82) is 0 Å². The first-order valence-electron chi connectivity index (χ1n) is 6.90. The fraction of sp³-hybridized carbons (Fsp3) is 0.200. The van der Waals surface area contributed by atoms with E-state index in [2.05, 4.69) is 15.3 Å². The minimum atomic E-state index is -4.41. The van der Waals surface area contributed by atoms with Crippen molar-refractivity contribution in [2.24, 2.45) is 0 Å². The highest BCUT2D eigenvalue weighted by atomic mass is 35.5. The Morgan fingerprint density at radius 1 is 1.29 bits per heavy atom. The predicted octanol–water partition coefficient (Wildman–Crippen LogP) is 4.92. The molecule has 126 valence electrons. The molecule has 4 nitrogen and oxygen atoms in total. The van der Waals surface area contributed by atoms with Gasteiger partial charge in [0, 0.05) is 23.5 Å². The number of thiazole rings is 1. The Hall–Kier alpha value is -2.06. The highest BCUT2D eigenvalue weighted by molar-refractivity contribution is 7.15. The van der Waals surface area contributed by atoms with E-state index in [4.69, 9.17) is 11.6 Å². The van der Waals surface area contributed by atoms with Crippen LogP contribution >= 0.6 is 22.9 Å². The van der Waals surface area contributed by atoms with Gasteiger partial charge in [-0.15, -0.1) is 11.3 Å². The molecule has 0 amide bonds. The van der Waals surface area contributed by atoms with E-state index in [0.29, 0.717) is 28.2 Å². The number of halogens is 4. The lowest BCUT2D eigenvalue weighted by atomic mass is 10.1. The molecule has 1 N–H and O–H groups in total. The third-order valence-corrected chi connectivity index (χ3v) is 4.50. The second-order valence-corrected chi connectivity index (χ2v) is 6.70. The van der Waals surface area contributed by atoms with Gasteiger partial charge in [-0.25, -0.2) is 9.97 Å². The maximum absolute atomic E-state index is 13.0. The van der Waals surface area contributed by atoms with Gasteiger partial charge in [0.2, 0.25) is 0 Å². The Labute approximate surface area is 144 Å². The number of rotatable bonds is 4. The summed E-state index contributed by atoms with van der Waals surface area (Å²) in [5, 5.41) is 3.03. The van der Waals surface area contributed by atoms with Crippen molar-refractivity contribution in [2.45, 2.75) is 19.6 Å². The Bertz CT molecular complexity index is 857. The monoisotopic (exact) mass is 372 g/mol. The number of hydrogen-bond acceptors (Lipinski definition) is 4. The van der Waals surface area contributed by atoms with Gasteiger partial charge in [-0.3, -0.25) is 0 Å². The summed E-state index contributed by atoms with van der Waals surface area (Å²) in [5.74, 6) is 0.679. The van der Waals surface area contributed by atoms with Crippen LogP contribution in [0.3, 0.4) is 0 Å². The molecule has 24 heavy (non-hydrogen) atoms. The molecular formula is C15H12ClF3N4S. The molecule has 0 aliphatic heterocycles. The van der Waals surface area contributed by atoms with E-state index in [1.165, 1.54) is 17.4 Å². The first-order valence-corrected chi connectivity index (χ1v) is 8.09. The van der Waals surface area contributed by atoms with Crippen molar-refractivity contribution < 1.29 is 13.2 Å². The van der Waals surface area contributed by atoms with Crippen LogP contribution in [0.2, 0.25) is 4.47 Å². The van der Waals surface area contributed by atoms with Crippen molar-refractivity contribution in [3.8, 4) is 5.69 Å². The summed E-state index contributed by atoms with van der Waals surface area (Å²) in [4.78, 5) is 8.86. The third-order valence-electron chi connectivity index (χ3n) is 3.39. The standard InChI is InChI=1S/C15H12ClF3N4S/c1-9-20-4-5-23(9)13-3-2-10(15(17,18)19)6-12(13)21-7-11-8-22-14(16)24-11/h2-6,8,21H,7H2,1H3. The van der Waals surface area contributed by atoms with Crippen LogP contribution in [-0.2, 0) is 12.7 Å². The molecule has 9 heteroatoms. The number of aryl methyl sites for hydroxylation is 1. The van der Waals surface area contributed by atoms with Gasteiger partial charge in [0.1, 0.15) is 5.82 Å². The molecule has 0 unspecified atom stereocenters. The molecule has 0 atom stereocenters. The van der Waals surface area contributed by atoms with E-state index >= 15 is 0 Å². The van der Waals surface area contributed by atoms with E-state index in [9.17, 15) is 13.2 Å². The summed E-state index contributed by atoms with van der Waals surface area (Å²) < 4.78 is 41.2. The molecule has 3 aromatic rings. The number of anilines is 1. The lowest BCUT2D eigenvalue weighted by Gasteiger charge is -2.16. The number of aromatic nitrogens is 3. The Morgan fingerprint density at radius 3 is 2.67 bits per heavy atom. The normalized spacial score (nSPS) is 11.7. The summed E-state index contributed by atoms with van der Waals surface area (Å²) in [5.41, 5.74) is 0.234. The second kappa shape index (κ2) is 6.45. The molecular weight excluding hydrogens is 361 g/mol. The molecule has 0 fully saturated rings. The third kappa shape index (κ3) is 3.54. The van der Waals surface area contributed by atoms with Crippen LogP contribution in [0.4, 0.5) is 18.9 Å². The molecule has 0 saturated carbocycles. The van der Waals surface area contributed by atoms with Crippen LogP contribution < -0.4 is 5.32 Å². The van der Waals surface area contributed by atoms with Crippen LogP contribution in [0.25, 0.3) is 5.69 Å².